The van der Waals surface area contributed by atoms with Gasteiger partial charge in [0, 0.05) is 16.8 Å². The summed E-state index contributed by atoms with van der Waals surface area (Å²) < 4.78 is 0.942. The minimum atomic E-state index is -0.0155. The zero-order valence-corrected chi connectivity index (χ0v) is 12.1. The number of halogens is 1. The maximum atomic E-state index is 11.6. The normalized spacial score (nSPS) is 12.2. The summed E-state index contributed by atoms with van der Waals surface area (Å²) in [6, 6.07) is 7.50. The lowest BCUT2D eigenvalue weighted by Crippen LogP contribution is -2.15. The molecule has 0 bridgehead atoms. The first-order valence-corrected chi connectivity index (χ1v) is 7.30. The second kappa shape index (κ2) is 7.74. The van der Waals surface area contributed by atoms with E-state index in [0.717, 1.165) is 15.9 Å². The summed E-state index contributed by atoms with van der Waals surface area (Å²) in [6.07, 6.45) is 0. The van der Waals surface area contributed by atoms with Crippen LogP contribution in [0.1, 0.15) is 6.92 Å². The highest BCUT2D eigenvalue weighted by Gasteiger charge is 2.05. The van der Waals surface area contributed by atoms with Gasteiger partial charge in [0.25, 0.3) is 0 Å². The highest BCUT2D eigenvalue weighted by Crippen LogP contribution is 2.16. The number of hydrogen-bond acceptors (Lipinski definition) is 3. The summed E-state index contributed by atoms with van der Waals surface area (Å²) in [5.41, 5.74) is 0.792. The molecule has 0 saturated carbocycles. The molecule has 0 radical (unpaired) electrons. The van der Waals surface area contributed by atoms with E-state index < -0.39 is 0 Å². The van der Waals surface area contributed by atoms with E-state index in [4.69, 9.17) is 5.11 Å². The van der Waals surface area contributed by atoms with Crippen LogP contribution in [0.2, 0.25) is 0 Å². The Balaban J connectivity index is 2.30. The number of rotatable bonds is 6. The van der Waals surface area contributed by atoms with E-state index in [9.17, 15) is 4.79 Å². The zero-order valence-electron chi connectivity index (χ0n) is 9.65. The molecular formula is C12H16BrNO2S. The first-order chi connectivity index (χ1) is 8.11. The van der Waals surface area contributed by atoms with Crippen molar-refractivity contribution in [2.24, 2.45) is 5.92 Å². The Morgan fingerprint density at radius 3 is 3.00 bits per heavy atom. The molecule has 1 aromatic rings. The van der Waals surface area contributed by atoms with Crippen LogP contribution in [-0.4, -0.2) is 29.1 Å². The fourth-order valence-electron chi connectivity index (χ4n) is 1.17. The number of benzene rings is 1. The molecule has 5 heteroatoms. The van der Waals surface area contributed by atoms with Crippen LogP contribution < -0.4 is 5.32 Å². The van der Waals surface area contributed by atoms with Crippen molar-refractivity contribution < 1.29 is 9.90 Å². The van der Waals surface area contributed by atoms with Gasteiger partial charge in [0.15, 0.2) is 0 Å². The Morgan fingerprint density at radius 1 is 1.59 bits per heavy atom. The van der Waals surface area contributed by atoms with Crippen LogP contribution in [-0.2, 0) is 4.79 Å². The van der Waals surface area contributed by atoms with Crippen LogP contribution in [0, 0.1) is 5.92 Å². The first kappa shape index (κ1) is 14.5. The van der Waals surface area contributed by atoms with Gasteiger partial charge in [-0.15, -0.1) is 0 Å². The molecule has 0 fully saturated rings. The van der Waals surface area contributed by atoms with E-state index >= 15 is 0 Å². The molecule has 1 rings (SSSR count). The predicted molar refractivity (Wildman–Crippen MR) is 76.3 cm³/mol. The van der Waals surface area contributed by atoms with E-state index in [1.165, 1.54) is 11.8 Å². The van der Waals surface area contributed by atoms with Crippen molar-refractivity contribution in [2.45, 2.75) is 6.92 Å². The molecule has 1 amide bonds. The van der Waals surface area contributed by atoms with Gasteiger partial charge in [-0.1, -0.05) is 28.9 Å². The number of nitrogens with one attached hydrogen (secondary N) is 1. The molecule has 2 N–H and O–H groups in total. The average molecular weight is 318 g/mol. The van der Waals surface area contributed by atoms with Crippen molar-refractivity contribution in [3.05, 3.63) is 28.7 Å². The van der Waals surface area contributed by atoms with Gasteiger partial charge in [0.05, 0.1) is 5.75 Å². The third kappa shape index (κ3) is 6.10. The number of anilines is 1. The van der Waals surface area contributed by atoms with Gasteiger partial charge in [-0.2, -0.15) is 11.8 Å². The van der Waals surface area contributed by atoms with Crippen molar-refractivity contribution in [2.75, 3.05) is 23.4 Å². The van der Waals surface area contributed by atoms with E-state index in [1.54, 1.807) is 0 Å². The van der Waals surface area contributed by atoms with E-state index in [-0.39, 0.29) is 18.4 Å². The standard InChI is InChI=1S/C12H16BrNO2S/c1-9(6-15)7-17-8-12(16)14-11-4-2-3-10(13)5-11/h2-5,9,15H,6-8H2,1H3,(H,14,16). The number of aliphatic hydroxyl groups excluding tert-OH is 1. The van der Waals surface area contributed by atoms with Crippen LogP contribution in [0.3, 0.4) is 0 Å². The van der Waals surface area contributed by atoms with Crippen LogP contribution >= 0.6 is 27.7 Å². The first-order valence-electron chi connectivity index (χ1n) is 5.36. The maximum Gasteiger partial charge on any atom is 0.234 e. The van der Waals surface area contributed by atoms with Crippen molar-refractivity contribution in [1.82, 2.24) is 0 Å². The monoisotopic (exact) mass is 317 g/mol. The lowest BCUT2D eigenvalue weighted by atomic mass is 10.2. The molecule has 0 heterocycles. The Hall–Kier alpha value is -0.520. The molecule has 94 valence electrons. The summed E-state index contributed by atoms with van der Waals surface area (Å²) >= 11 is 4.88. The van der Waals surface area contributed by atoms with Crippen LogP contribution in [0.4, 0.5) is 5.69 Å². The maximum absolute atomic E-state index is 11.6. The number of aliphatic hydroxyl groups is 1. The van der Waals surface area contributed by atoms with Crippen molar-refractivity contribution in [3.8, 4) is 0 Å². The number of carbonyl (C=O) groups is 1. The molecule has 1 aromatic carbocycles. The molecule has 0 aliphatic heterocycles. The highest BCUT2D eigenvalue weighted by atomic mass is 79.9. The number of thioether (sulfide) groups is 1. The minimum Gasteiger partial charge on any atom is -0.396 e. The van der Waals surface area contributed by atoms with Crippen LogP contribution in [0.5, 0.6) is 0 Å². The Morgan fingerprint density at radius 2 is 2.35 bits per heavy atom. The topological polar surface area (TPSA) is 49.3 Å². The van der Waals surface area contributed by atoms with Gasteiger partial charge < -0.3 is 10.4 Å². The second-order valence-electron chi connectivity index (χ2n) is 3.86. The van der Waals surface area contributed by atoms with E-state index in [0.29, 0.717) is 5.75 Å². The van der Waals surface area contributed by atoms with E-state index in [1.807, 2.05) is 31.2 Å². The smallest absolute Gasteiger partial charge is 0.234 e. The zero-order chi connectivity index (χ0) is 12.7. The molecule has 0 aliphatic carbocycles. The fourth-order valence-corrected chi connectivity index (χ4v) is 2.45. The summed E-state index contributed by atoms with van der Waals surface area (Å²) in [4.78, 5) is 11.6. The molecule has 0 spiro atoms. The fraction of sp³-hybridized carbons (Fsp3) is 0.417. The number of amides is 1. The quantitative estimate of drug-likeness (QED) is 0.848. The Labute approximate surface area is 114 Å². The van der Waals surface area contributed by atoms with E-state index in [2.05, 4.69) is 21.2 Å². The van der Waals surface area contributed by atoms with Gasteiger partial charge in [-0.25, -0.2) is 0 Å². The summed E-state index contributed by atoms with van der Waals surface area (Å²) in [5, 5.41) is 11.7. The van der Waals surface area contributed by atoms with Crippen molar-refractivity contribution in [1.29, 1.82) is 0 Å². The van der Waals surface area contributed by atoms with Crippen LogP contribution in [0.15, 0.2) is 28.7 Å². The molecular weight excluding hydrogens is 302 g/mol. The third-order valence-corrected chi connectivity index (χ3v) is 3.82. The van der Waals surface area contributed by atoms with Gasteiger partial charge in [-0.3, -0.25) is 4.79 Å². The summed E-state index contributed by atoms with van der Waals surface area (Å²) in [7, 11) is 0. The second-order valence-corrected chi connectivity index (χ2v) is 5.81. The molecule has 1 atom stereocenters. The molecule has 0 saturated heterocycles. The van der Waals surface area contributed by atoms with Gasteiger partial charge >= 0.3 is 0 Å². The summed E-state index contributed by atoms with van der Waals surface area (Å²) in [6.45, 7) is 2.12. The Bertz CT molecular complexity index is 373. The lowest BCUT2D eigenvalue weighted by molar-refractivity contribution is -0.113. The van der Waals surface area contributed by atoms with Gasteiger partial charge in [0.2, 0.25) is 5.91 Å². The van der Waals surface area contributed by atoms with Crippen molar-refractivity contribution >= 4 is 39.3 Å². The highest BCUT2D eigenvalue weighted by molar-refractivity contribution is 9.10. The van der Waals surface area contributed by atoms with Crippen LogP contribution in [0.25, 0.3) is 0 Å². The predicted octanol–water partition coefficient (Wildman–Crippen LogP) is 2.75. The molecule has 3 nitrogen and oxygen atoms in total. The SMILES string of the molecule is CC(CO)CSCC(=O)Nc1cccc(Br)c1. The summed E-state index contributed by atoms with van der Waals surface area (Å²) in [5.74, 6) is 1.43. The molecule has 17 heavy (non-hydrogen) atoms. The third-order valence-electron chi connectivity index (χ3n) is 2.06. The number of carbonyl (C=O) groups excluding carboxylic acids is 1. The molecule has 0 aromatic heterocycles. The largest absolute Gasteiger partial charge is 0.396 e. The Kier molecular flexibility index (Phi) is 6.62. The number of hydrogen-bond donors (Lipinski definition) is 2. The lowest BCUT2D eigenvalue weighted by Gasteiger charge is -2.08. The molecule has 0 aliphatic rings. The average Bonchev–Trinajstić information content (AvgIpc) is 2.28. The van der Waals surface area contributed by atoms with Crippen molar-refractivity contribution in [3.63, 3.8) is 0 Å². The minimum absolute atomic E-state index is 0.0155. The van der Waals surface area contributed by atoms with Gasteiger partial charge in [-0.05, 0) is 29.9 Å². The van der Waals surface area contributed by atoms with Gasteiger partial charge in [0.1, 0.15) is 0 Å². The molecule has 1 unspecified atom stereocenters.